The molecule has 1 unspecified atom stereocenters. The minimum Gasteiger partial charge on any atom is -0.347 e. The second-order valence-electron chi connectivity index (χ2n) is 4.62. The molecule has 2 heterocycles. The summed E-state index contributed by atoms with van der Waals surface area (Å²) in [5.41, 5.74) is 3.73. The summed E-state index contributed by atoms with van der Waals surface area (Å²) in [5, 5.41) is 4.43. The third-order valence-electron chi connectivity index (χ3n) is 3.53. The first-order valence-corrected chi connectivity index (χ1v) is 5.66. The van der Waals surface area contributed by atoms with Gasteiger partial charge in [0.15, 0.2) is 0 Å². The number of rotatable bonds is 0. The fraction of sp³-hybridized carbons (Fsp3) is 0.385. The SMILES string of the molecule is CC1CNCc2c1n(C)c1ccc(F)cc21. The number of fused-ring (bicyclic) bond motifs is 3. The van der Waals surface area contributed by atoms with Crippen molar-refractivity contribution in [3.63, 3.8) is 0 Å². The minimum absolute atomic E-state index is 0.154. The first-order chi connectivity index (χ1) is 7.68. The van der Waals surface area contributed by atoms with Crippen LogP contribution in [0.4, 0.5) is 4.39 Å². The molecule has 1 aromatic heterocycles. The lowest BCUT2D eigenvalue weighted by molar-refractivity contribution is 0.548. The van der Waals surface area contributed by atoms with Crippen LogP contribution in [0.15, 0.2) is 18.2 Å². The molecule has 0 aliphatic carbocycles. The molecule has 0 amide bonds. The molecular weight excluding hydrogens is 203 g/mol. The molecule has 2 nitrogen and oxygen atoms in total. The lowest BCUT2D eigenvalue weighted by Crippen LogP contribution is -2.27. The molecule has 1 atom stereocenters. The Bertz CT molecular complexity index is 557. The molecule has 3 rings (SSSR count). The Morgan fingerprint density at radius 2 is 2.25 bits per heavy atom. The van der Waals surface area contributed by atoms with Crippen molar-refractivity contribution in [3.05, 3.63) is 35.3 Å². The van der Waals surface area contributed by atoms with Gasteiger partial charge in [-0.05, 0) is 23.8 Å². The van der Waals surface area contributed by atoms with Gasteiger partial charge in [-0.1, -0.05) is 6.92 Å². The van der Waals surface area contributed by atoms with Gasteiger partial charge in [-0.3, -0.25) is 0 Å². The monoisotopic (exact) mass is 218 g/mol. The number of benzene rings is 1. The average Bonchev–Trinajstić information content (AvgIpc) is 2.54. The van der Waals surface area contributed by atoms with Gasteiger partial charge >= 0.3 is 0 Å². The zero-order chi connectivity index (χ0) is 11.3. The van der Waals surface area contributed by atoms with Crippen LogP contribution < -0.4 is 5.32 Å². The summed E-state index contributed by atoms with van der Waals surface area (Å²) in [5.74, 6) is 0.336. The minimum atomic E-state index is -0.154. The third kappa shape index (κ3) is 1.21. The van der Waals surface area contributed by atoms with Crippen molar-refractivity contribution in [1.29, 1.82) is 0 Å². The fourth-order valence-corrected chi connectivity index (χ4v) is 2.84. The zero-order valence-electron chi connectivity index (χ0n) is 9.55. The van der Waals surface area contributed by atoms with Crippen molar-refractivity contribution < 1.29 is 4.39 Å². The highest BCUT2D eigenvalue weighted by Crippen LogP contribution is 2.32. The molecular formula is C13H15FN2. The quantitative estimate of drug-likeness (QED) is 0.719. The summed E-state index contributed by atoms with van der Waals surface area (Å²) in [6, 6.07) is 5.05. The zero-order valence-corrected chi connectivity index (χ0v) is 9.55. The predicted molar refractivity (Wildman–Crippen MR) is 63.0 cm³/mol. The topological polar surface area (TPSA) is 17.0 Å². The summed E-state index contributed by atoms with van der Waals surface area (Å²) in [4.78, 5) is 0. The molecule has 1 N–H and O–H groups in total. The van der Waals surface area contributed by atoms with E-state index < -0.39 is 0 Å². The molecule has 0 saturated carbocycles. The number of aromatic nitrogens is 1. The Balaban J connectivity index is 2.39. The number of hydrogen-bond donors (Lipinski definition) is 1. The van der Waals surface area contributed by atoms with Crippen LogP contribution in [0.25, 0.3) is 10.9 Å². The van der Waals surface area contributed by atoms with Gasteiger partial charge in [-0.15, -0.1) is 0 Å². The van der Waals surface area contributed by atoms with E-state index in [1.807, 2.05) is 6.07 Å². The first kappa shape index (κ1) is 9.85. The highest BCUT2D eigenvalue weighted by atomic mass is 19.1. The van der Waals surface area contributed by atoms with E-state index in [0.717, 1.165) is 24.0 Å². The molecule has 1 aliphatic heterocycles. The van der Waals surface area contributed by atoms with E-state index >= 15 is 0 Å². The third-order valence-corrected chi connectivity index (χ3v) is 3.53. The van der Waals surface area contributed by atoms with Crippen LogP contribution in [0, 0.1) is 5.82 Å². The molecule has 0 bridgehead atoms. The van der Waals surface area contributed by atoms with Gasteiger partial charge in [0.25, 0.3) is 0 Å². The molecule has 16 heavy (non-hydrogen) atoms. The van der Waals surface area contributed by atoms with Crippen molar-refractivity contribution in [2.24, 2.45) is 7.05 Å². The molecule has 0 spiro atoms. The van der Waals surface area contributed by atoms with Crippen molar-refractivity contribution in [2.45, 2.75) is 19.4 Å². The van der Waals surface area contributed by atoms with Crippen LogP contribution in [0.2, 0.25) is 0 Å². The van der Waals surface area contributed by atoms with Crippen molar-refractivity contribution in [2.75, 3.05) is 6.54 Å². The molecule has 1 aliphatic rings. The Hall–Kier alpha value is -1.35. The Kier molecular flexibility index (Phi) is 2.04. The number of nitrogens with zero attached hydrogens (tertiary/aromatic N) is 1. The molecule has 3 heteroatoms. The fourth-order valence-electron chi connectivity index (χ4n) is 2.84. The summed E-state index contributed by atoms with van der Waals surface area (Å²) in [7, 11) is 2.07. The molecule has 1 aromatic carbocycles. The van der Waals surface area contributed by atoms with Gasteiger partial charge in [0.2, 0.25) is 0 Å². The average molecular weight is 218 g/mol. The van der Waals surface area contributed by atoms with Crippen LogP contribution in [0.5, 0.6) is 0 Å². The van der Waals surface area contributed by atoms with Gasteiger partial charge in [-0.25, -0.2) is 4.39 Å². The van der Waals surface area contributed by atoms with E-state index in [1.165, 1.54) is 17.3 Å². The molecule has 2 aromatic rings. The van der Waals surface area contributed by atoms with Gasteiger partial charge in [-0.2, -0.15) is 0 Å². The predicted octanol–water partition coefficient (Wildman–Crippen LogP) is 2.52. The van der Waals surface area contributed by atoms with E-state index in [1.54, 1.807) is 6.07 Å². The smallest absolute Gasteiger partial charge is 0.123 e. The lowest BCUT2D eigenvalue weighted by Gasteiger charge is -2.21. The summed E-state index contributed by atoms with van der Waals surface area (Å²) >= 11 is 0. The van der Waals surface area contributed by atoms with Gasteiger partial charge in [0, 0.05) is 42.7 Å². The van der Waals surface area contributed by atoms with Crippen LogP contribution >= 0.6 is 0 Å². The van der Waals surface area contributed by atoms with Crippen LogP contribution in [0.1, 0.15) is 24.1 Å². The number of hydrogen-bond acceptors (Lipinski definition) is 1. The van der Waals surface area contributed by atoms with E-state index in [9.17, 15) is 4.39 Å². The van der Waals surface area contributed by atoms with Crippen molar-refractivity contribution in [3.8, 4) is 0 Å². The highest BCUT2D eigenvalue weighted by molar-refractivity contribution is 5.86. The summed E-state index contributed by atoms with van der Waals surface area (Å²) < 4.78 is 15.5. The Morgan fingerprint density at radius 3 is 3.06 bits per heavy atom. The number of halogens is 1. The Labute approximate surface area is 94.1 Å². The van der Waals surface area contributed by atoms with Crippen molar-refractivity contribution >= 4 is 10.9 Å². The Morgan fingerprint density at radius 1 is 1.44 bits per heavy atom. The van der Waals surface area contributed by atoms with E-state index in [4.69, 9.17) is 0 Å². The standard InChI is InChI=1S/C13H15FN2/c1-8-6-15-7-11-10-5-9(14)3-4-12(10)16(2)13(8)11/h3-5,8,15H,6-7H2,1-2H3. The maximum Gasteiger partial charge on any atom is 0.123 e. The molecule has 0 saturated heterocycles. The normalized spacial score (nSPS) is 20.1. The van der Waals surface area contributed by atoms with Gasteiger partial charge < -0.3 is 9.88 Å². The molecule has 0 fully saturated rings. The van der Waals surface area contributed by atoms with Crippen LogP contribution in [-0.2, 0) is 13.6 Å². The highest BCUT2D eigenvalue weighted by Gasteiger charge is 2.23. The first-order valence-electron chi connectivity index (χ1n) is 5.66. The van der Waals surface area contributed by atoms with E-state index in [2.05, 4.69) is 23.9 Å². The summed E-state index contributed by atoms with van der Waals surface area (Å²) in [6.07, 6.45) is 0. The second-order valence-corrected chi connectivity index (χ2v) is 4.62. The largest absolute Gasteiger partial charge is 0.347 e. The summed E-state index contributed by atoms with van der Waals surface area (Å²) in [6.45, 7) is 4.06. The second kappa shape index (κ2) is 3.32. The van der Waals surface area contributed by atoms with Gasteiger partial charge in [0.05, 0.1) is 0 Å². The molecule has 84 valence electrons. The maximum absolute atomic E-state index is 13.3. The van der Waals surface area contributed by atoms with E-state index in [-0.39, 0.29) is 5.82 Å². The maximum atomic E-state index is 13.3. The van der Waals surface area contributed by atoms with Crippen LogP contribution in [-0.4, -0.2) is 11.1 Å². The number of nitrogens with one attached hydrogen (secondary N) is 1. The number of aryl methyl sites for hydroxylation is 1. The van der Waals surface area contributed by atoms with Gasteiger partial charge in [0.1, 0.15) is 5.82 Å². The lowest BCUT2D eigenvalue weighted by atomic mass is 9.98. The van der Waals surface area contributed by atoms with Crippen LogP contribution in [0.3, 0.4) is 0 Å². The molecule has 0 radical (unpaired) electrons. The van der Waals surface area contributed by atoms with E-state index in [0.29, 0.717) is 5.92 Å². The van der Waals surface area contributed by atoms with Crippen molar-refractivity contribution in [1.82, 2.24) is 9.88 Å².